The highest BCUT2D eigenvalue weighted by molar-refractivity contribution is 14.0. The Kier molecular flexibility index (Phi) is 8.54. The zero-order chi connectivity index (χ0) is 21.6. The summed E-state index contributed by atoms with van der Waals surface area (Å²) in [6.07, 6.45) is 4.90. The molecule has 1 aliphatic heterocycles. The van der Waals surface area contributed by atoms with Crippen LogP contribution < -0.4 is 14.8 Å². The number of hydrogen-bond donors (Lipinski definition) is 1. The summed E-state index contributed by atoms with van der Waals surface area (Å²) in [6, 6.07) is 12.1. The van der Waals surface area contributed by atoms with Crippen molar-refractivity contribution >= 4 is 35.6 Å². The molecule has 0 radical (unpaired) electrons. The van der Waals surface area contributed by atoms with Gasteiger partial charge in [0.15, 0.2) is 11.6 Å². The molecular formula is C23H31IN6O2. The number of halogens is 1. The summed E-state index contributed by atoms with van der Waals surface area (Å²) in [6.45, 7) is 2.73. The molecule has 0 bridgehead atoms. The van der Waals surface area contributed by atoms with E-state index in [0.717, 1.165) is 67.8 Å². The van der Waals surface area contributed by atoms with Crippen LogP contribution in [0.25, 0.3) is 5.65 Å². The van der Waals surface area contributed by atoms with E-state index in [1.807, 2.05) is 41.9 Å². The Balaban J connectivity index is 0.00000289. The maximum Gasteiger partial charge on any atom is 0.193 e. The third kappa shape index (κ3) is 5.43. The number of fused-ring (bicyclic) bond motifs is 1. The predicted molar refractivity (Wildman–Crippen MR) is 137 cm³/mol. The van der Waals surface area contributed by atoms with Gasteiger partial charge in [-0.15, -0.1) is 34.2 Å². The van der Waals surface area contributed by atoms with E-state index in [1.165, 1.54) is 5.56 Å². The van der Waals surface area contributed by atoms with Crippen molar-refractivity contribution in [3.8, 4) is 11.5 Å². The monoisotopic (exact) mass is 550 g/mol. The Morgan fingerprint density at radius 1 is 1.16 bits per heavy atom. The smallest absolute Gasteiger partial charge is 0.193 e. The Morgan fingerprint density at radius 2 is 1.94 bits per heavy atom. The molecule has 1 saturated heterocycles. The second kappa shape index (κ2) is 11.3. The molecule has 0 spiro atoms. The summed E-state index contributed by atoms with van der Waals surface area (Å²) < 4.78 is 12.9. The molecule has 4 rings (SSSR count). The number of hydrogen-bond acceptors (Lipinski definition) is 5. The van der Waals surface area contributed by atoms with Crippen molar-refractivity contribution in [2.45, 2.75) is 25.2 Å². The minimum Gasteiger partial charge on any atom is -0.497 e. The summed E-state index contributed by atoms with van der Waals surface area (Å²) >= 11 is 0. The van der Waals surface area contributed by atoms with Crippen molar-refractivity contribution in [3.63, 3.8) is 0 Å². The highest BCUT2D eigenvalue weighted by Gasteiger charge is 2.26. The Labute approximate surface area is 206 Å². The minimum atomic E-state index is 0. The summed E-state index contributed by atoms with van der Waals surface area (Å²) in [5.41, 5.74) is 2.13. The number of benzene rings is 1. The maximum absolute atomic E-state index is 5.43. The first-order valence-corrected chi connectivity index (χ1v) is 10.7. The quantitative estimate of drug-likeness (QED) is 0.211. The van der Waals surface area contributed by atoms with Gasteiger partial charge in [0.2, 0.25) is 0 Å². The minimum absolute atomic E-state index is 0. The van der Waals surface area contributed by atoms with Gasteiger partial charge in [-0.1, -0.05) is 6.07 Å². The fourth-order valence-electron chi connectivity index (χ4n) is 4.13. The third-order valence-corrected chi connectivity index (χ3v) is 5.79. The molecule has 1 fully saturated rings. The Bertz CT molecular complexity index is 1030. The molecule has 3 heterocycles. The van der Waals surface area contributed by atoms with Crippen LogP contribution in [0, 0.1) is 0 Å². The van der Waals surface area contributed by atoms with Crippen LogP contribution in [-0.4, -0.2) is 66.4 Å². The number of aromatic nitrogens is 3. The van der Waals surface area contributed by atoms with Crippen molar-refractivity contribution in [3.05, 3.63) is 54.0 Å². The van der Waals surface area contributed by atoms with E-state index in [4.69, 9.17) is 9.47 Å². The standard InChI is InChI=1S/C23H30N6O2.HI/c1-24-23(25-10-6-8-22-27-26-21-7-4-5-11-29(21)22)28-12-9-17(16-28)18-13-19(30-2)15-20(14-18)31-3;/h4-5,7,11,13-15,17H,6,8-10,12,16H2,1-3H3,(H,24,25);1H. The van der Waals surface area contributed by atoms with E-state index in [9.17, 15) is 0 Å². The van der Waals surface area contributed by atoms with E-state index < -0.39 is 0 Å². The molecule has 9 heteroatoms. The van der Waals surface area contributed by atoms with Gasteiger partial charge in [0, 0.05) is 51.3 Å². The fourth-order valence-corrected chi connectivity index (χ4v) is 4.13. The number of nitrogens with one attached hydrogen (secondary N) is 1. The van der Waals surface area contributed by atoms with Crippen molar-refractivity contribution in [2.75, 3.05) is 40.9 Å². The lowest BCUT2D eigenvalue weighted by Crippen LogP contribution is -2.40. The molecule has 0 aliphatic carbocycles. The summed E-state index contributed by atoms with van der Waals surface area (Å²) in [7, 11) is 5.22. The summed E-state index contributed by atoms with van der Waals surface area (Å²) in [5.74, 6) is 4.02. The lowest BCUT2D eigenvalue weighted by molar-refractivity contribution is 0.392. The topological polar surface area (TPSA) is 76.3 Å². The van der Waals surface area contributed by atoms with Crippen LogP contribution in [0.4, 0.5) is 0 Å². The van der Waals surface area contributed by atoms with E-state index in [1.54, 1.807) is 14.2 Å². The second-order valence-corrected chi connectivity index (χ2v) is 7.70. The van der Waals surface area contributed by atoms with E-state index in [2.05, 4.69) is 37.5 Å². The molecule has 0 amide bonds. The third-order valence-electron chi connectivity index (χ3n) is 5.79. The first-order chi connectivity index (χ1) is 15.2. The second-order valence-electron chi connectivity index (χ2n) is 7.70. The Hall–Kier alpha value is -2.56. The molecule has 2 aromatic heterocycles. The van der Waals surface area contributed by atoms with E-state index in [0.29, 0.717) is 5.92 Å². The lowest BCUT2D eigenvalue weighted by atomic mass is 9.98. The van der Waals surface area contributed by atoms with Gasteiger partial charge in [-0.3, -0.25) is 9.39 Å². The van der Waals surface area contributed by atoms with Gasteiger partial charge in [0.25, 0.3) is 0 Å². The molecule has 1 N–H and O–H groups in total. The number of aliphatic imine (C=N–C) groups is 1. The number of ether oxygens (including phenoxy) is 2. The number of pyridine rings is 1. The van der Waals surface area contributed by atoms with Gasteiger partial charge >= 0.3 is 0 Å². The molecule has 3 aromatic rings. The predicted octanol–water partition coefficient (Wildman–Crippen LogP) is 3.36. The molecule has 1 unspecified atom stereocenters. The SMILES string of the molecule is CN=C(NCCCc1nnc2ccccn12)N1CCC(c2cc(OC)cc(OC)c2)C1.I. The molecule has 1 atom stereocenters. The maximum atomic E-state index is 5.43. The number of nitrogens with zero attached hydrogens (tertiary/aromatic N) is 5. The average molecular weight is 550 g/mol. The van der Waals surface area contributed by atoms with Crippen LogP contribution in [0.2, 0.25) is 0 Å². The number of rotatable bonds is 7. The van der Waals surface area contributed by atoms with Gasteiger partial charge in [-0.25, -0.2) is 0 Å². The van der Waals surface area contributed by atoms with Crippen LogP contribution in [0.5, 0.6) is 11.5 Å². The first kappa shape index (κ1) is 24.1. The number of aryl methyl sites for hydroxylation is 1. The zero-order valence-corrected chi connectivity index (χ0v) is 21.2. The first-order valence-electron chi connectivity index (χ1n) is 10.7. The largest absolute Gasteiger partial charge is 0.497 e. The number of methoxy groups -OCH3 is 2. The lowest BCUT2D eigenvalue weighted by Gasteiger charge is -2.22. The average Bonchev–Trinajstić information content (AvgIpc) is 3.46. The molecule has 1 aromatic carbocycles. The van der Waals surface area contributed by atoms with E-state index in [-0.39, 0.29) is 24.0 Å². The van der Waals surface area contributed by atoms with E-state index >= 15 is 0 Å². The van der Waals surface area contributed by atoms with Crippen LogP contribution in [0.1, 0.15) is 30.1 Å². The van der Waals surface area contributed by atoms with Crippen LogP contribution in [0.15, 0.2) is 47.6 Å². The number of likely N-dealkylation sites (tertiary alicyclic amines) is 1. The van der Waals surface area contributed by atoms with Gasteiger partial charge in [-0.05, 0) is 42.7 Å². The molecule has 172 valence electrons. The molecule has 1 aliphatic rings. The summed E-state index contributed by atoms with van der Waals surface area (Å²) in [4.78, 5) is 6.82. The van der Waals surface area contributed by atoms with Crippen LogP contribution in [0.3, 0.4) is 0 Å². The highest BCUT2D eigenvalue weighted by atomic mass is 127. The van der Waals surface area contributed by atoms with Gasteiger partial charge < -0.3 is 19.7 Å². The highest BCUT2D eigenvalue weighted by Crippen LogP contribution is 2.32. The van der Waals surface area contributed by atoms with Gasteiger partial charge in [-0.2, -0.15) is 0 Å². The van der Waals surface area contributed by atoms with Crippen molar-refractivity contribution < 1.29 is 9.47 Å². The molecule has 8 nitrogen and oxygen atoms in total. The Morgan fingerprint density at radius 3 is 2.66 bits per heavy atom. The summed E-state index contributed by atoms with van der Waals surface area (Å²) in [5, 5.41) is 12.0. The van der Waals surface area contributed by atoms with Crippen LogP contribution in [-0.2, 0) is 6.42 Å². The fraction of sp³-hybridized carbons (Fsp3) is 0.435. The number of guanidine groups is 1. The molecular weight excluding hydrogens is 519 g/mol. The van der Waals surface area contributed by atoms with Crippen molar-refractivity contribution in [1.82, 2.24) is 24.8 Å². The van der Waals surface area contributed by atoms with Gasteiger partial charge in [0.05, 0.1) is 14.2 Å². The van der Waals surface area contributed by atoms with Crippen molar-refractivity contribution in [1.29, 1.82) is 0 Å². The zero-order valence-electron chi connectivity index (χ0n) is 18.8. The van der Waals surface area contributed by atoms with Crippen molar-refractivity contribution in [2.24, 2.45) is 4.99 Å². The molecule has 0 saturated carbocycles. The normalized spacial score (nSPS) is 16.2. The van der Waals surface area contributed by atoms with Crippen LogP contribution >= 0.6 is 24.0 Å². The molecule has 32 heavy (non-hydrogen) atoms. The van der Waals surface area contributed by atoms with Gasteiger partial charge in [0.1, 0.15) is 17.3 Å².